The monoisotopic (exact) mass is 344 g/mol. The minimum atomic E-state index is -0.750. The fourth-order valence-corrected chi connectivity index (χ4v) is 2.47. The number of rotatable bonds is 7. The van der Waals surface area contributed by atoms with Crippen molar-refractivity contribution in [2.24, 2.45) is 16.6 Å². The van der Waals surface area contributed by atoms with E-state index >= 15 is 0 Å². The lowest BCUT2D eigenvalue weighted by atomic mass is 9.86. The number of nitrogens with zero attached hydrogens (tertiary/aromatic N) is 1. The maximum absolute atomic E-state index is 12.6. The molecule has 136 valence electrons. The molecule has 0 bridgehead atoms. The summed E-state index contributed by atoms with van der Waals surface area (Å²) in [6, 6.07) is 5.31. The van der Waals surface area contributed by atoms with Crippen LogP contribution in [0.4, 0.5) is 5.69 Å². The Hall–Kier alpha value is -2.50. The molecule has 2 rings (SSSR count). The van der Waals surface area contributed by atoms with Crippen molar-refractivity contribution < 1.29 is 9.53 Å². The molecule has 1 aromatic rings. The highest BCUT2D eigenvalue weighted by Gasteiger charge is 2.26. The number of hydrogen-bond donors (Lipinski definition) is 3. The molecule has 0 saturated heterocycles. The standard InChI is InChI=1S/C19H28N4O2/c1-12(20)19(2,3)23-18(24)17(22-4)15-10-14(8-9-16(15)21)25-11-13-6-5-7-13/h8-10,13H,1,5-7,11,20-21H2,2-4H3,(H,23,24). The highest BCUT2D eigenvalue weighted by molar-refractivity contribution is 6.46. The van der Waals surface area contributed by atoms with Gasteiger partial charge in [-0.05, 0) is 50.8 Å². The molecule has 1 amide bonds. The van der Waals surface area contributed by atoms with Crippen molar-refractivity contribution in [2.75, 3.05) is 19.4 Å². The maximum atomic E-state index is 12.6. The topological polar surface area (TPSA) is 103 Å². The summed E-state index contributed by atoms with van der Waals surface area (Å²) in [6.45, 7) is 7.95. The molecule has 6 heteroatoms. The Labute approximate surface area is 149 Å². The Bertz CT molecular complexity index is 691. The van der Waals surface area contributed by atoms with Gasteiger partial charge in [-0.15, -0.1) is 0 Å². The average Bonchev–Trinajstić information content (AvgIpc) is 2.48. The van der Waals surface area contributed by atoms with Crippen LogP contribution >= 0.6 is 0 Å². The minimum absolute atomic E-state index is 0.237. The van der Waals surface area contributed by atoms with Gasteiger partial charge >= 0.3 is 0 Å². The normalized spacial score (nSPS) is 15.4. The van der Waals surface area contributed by atoms with Crippen LogP contribution in [0.25, 0.3) is 0 Å². The van der Waals surface area contributed by atoms with E-state index in [1.54, 1.807) is 33.0 Å². The molecule has 0 aromatic heterocycles. The third-order valence-corrected chi connectivity index (χ3v) is 4.66. The fraction of sp³-hybridized carbons (Fsp3) is 0.474. The van der Waals surface area contributed by atoms with Crippen molar-refractivity contribution >= 4 is 17.3 Å². The number of anilines is 1. The Morgan fingerprint density at radius 3 is 2.64 bits per heavy atom. The number of carbonyl (C=O) groups excluding carboxylic acids is 1. The molecule has 5 N–H and O–H groups in total. The van der Waals surface area contributed by atoms with Gasteiger partial charge < -0.3 is 21.5 Å². The smallest absolute Gasteiger partial charge is 0.270 e. The van der Waals surface area contributed by atoms with Crippen LogP contribution in [-0.4, -0.2) is 30.8 Å². The second-order valence-corrected chi connectivity index (χ2v) is 7.03. The lowest BCUT2D eigenvalue weighted by molar-refractivity contribution is -0.115. The molecule has 6 nitrogen and oxygen atoms in total. The van der Waals surface area contributed by atoms with Crippen LogP contribution in [0.5, 0.6) is 5.75 Å². The number of nitrogen functional groups attached to an aromatic ring is 1. The number of nitrogens with two attached hydrogens (primary N) is 2. The van der Waals surface area contributed by atoms with Gasteiger partial charge in [0.15, 0.2) is 0 Å². The molecule has 25 heavy (non-hydrogen) atoms. The van der Waals surface area contributed by atoms with E-state index in [4.69, 9.17) is 16.2 Å². The number of carbonyl (C=O) groups is 1. The Kier molecular flexibility index (Phi) is 5.72. The second kappa shape index (κ2) is 7.59. The van der Waals surface area contributed by atoms with Crippen molar-refractivity contribution in [3.63, 3.8) is 0 Å². The van der Waals surface area contributed by atoms with E-state index in [0.717, 1.165) is 0 Å². The van der Waals surface area contributed by atoms with E-state index in [-0.39, 0.29) is 11.6 Å². The predicted molar refractivity (Wildman–Crippen MR) is 102 cm³/mol. The number of hydrogen-bond acceptors (Lipinski definition) is 5. The summed E-state index contributed by atoms with van der Waals surface area (Å²) >= 11 is 0. The van der Waals surface area contributed by atoms with E-state index in [9.17, 15) is 4.79 Å². The van der Waals surface area contributed by atoms with Crippen LogP contribution in [0.1, 0.15) is 38.7 Å². The van der Waals surface area contributed by atoms with Crippen LogP contribution in [0.3, 0.4) is 0 Å². The van der Waals surface area contributed by atoms with E-state index in [2.05, 4.69) is 16.9 Å². The molecular weight excluding hydrogens is 316 g/mol. The molecule has 0 spiro atoms. The summed E-state index contributed by atoms with van der Waals surface area (Å²) in [5.41, 5.74) is 12.7. The van der Waals surface area contributed by atoms with Gasteiger partial charge in [0.2, 0.25) is 0 Å². The molecule has 1 aromatic carbocycles. The van der Waals surface area contributed by atoms with Crippen LogP contribution < -0.4 is 21.5 Å². The Morgan fingerprint density at radius 1 is 1.44 bits per heavy atom. The third-order valence-electron chi connectivity index (χ3n) is 4.66. The average molecular weight is 344 g/mol. The first-order chi connectivity index (χ1) is 11.7. The quantitative estimate of drug-likeness (QED) is 0.521. The van der Waals surface area contributed by atoms with E-state index < -0.39 is 5.54 Å². The Balaban J connectivity index is 2.18. The predicted octanol–water partition coefficient (Wildman–Crippen LogP) is 2.23. The zero-order valence-electron chi connectivity index (χ0n) is 15.3. The van der Waals surface area contributed by atoms with E-state index in [1.807, 2.05) is 6.07 Å². The zero-order chi connectivity index (χ0) is 18.6. The molecule has 1 fully saturated rings. The van der Waals surface area contributed by atoms with Gasteiger partial charge in [-0.2, -0.15) is 0 Å². The molecule has 0 aliphatic heterocycles. The van der Waals surface area contributed by atoms with Gasteiger partial charge in [-0.25, -0.2) is 0 Å². The summed E-state index contributed by atoms with van der Waals surface area (Å²) in [5, 5.41) is 2.83. The van der Waals surface area contributed by atoms with Gasteiger partial charge in [-0.1, -0.05) is 13.0 Å². The molecule has 0 atom stereocenters. The molecular formula is C19H28N4O2. The molecule has 1 aliphatic carbocycles. The van der Waals surface area contributed by atoms with Gasteiger partial charge in [0, 0.05) is 24.0 Å². The van der Waals surface area contributed by atoms with Gasteiger partial charge in [-0.3, -0.25) is 9.79 Å². The second-order valence-electron chi connectivity index (χ2n) is 7.03. The minimum Gasteiger partial charge on any atom is -0.493 e. The van der Waals surface area contributed by atoms with Crippen molar-refractivity contribution in [2.45, 2.75) is 38.6 Å². The number of aliphatic imine (C=N–C) groups is 1. The molecule has 1 saturated carbocycles. The number of amides is 1. The molecule has 0 radical (unpaired) electrons. The lowest BCUT2D eigenvalue weighted by Crippen LogP contribution is -2.49. The van der Waals surface area contributed by atoms with Crippen molar-refractivity contribution in [3.8, 4) is 5.75 Å². The van der Waals surface area contributed by atoms with Crippen LogP contribution in [0.15, 0.2) is 35.5 Å². The van der Waals surface area contributed by atoms with Crippen molar-refractivity contribution in [1.29, 1.82) is 0 Å². The SMILES string of the molecule is C=C(N)C(C)(C)NC(=O)C(=NC)c1cc(OCC2CCC2)ccc1N. The number of nitrogens with one attached hydrogen (secondary N) is 1. The van der Waals surface area contributed by atoms with Gasteiger partial charge in [0.25, 0.3) is 5.91 Å². The maximum Gasteiger partial charge on any atom is 0.270 e. The fourth-order valence-electron chi connectivity index (χ4n) is 2.47. The molecule has 0 unspecified atom stereocenters. The number of benzene rings is 1. The largest absolute Gasteiger partial charge is 0.493 e. The summed E-state index contributed by atoms with van der Waals surface area (Å²) in [6.07, 6.45) is 3.70. The van der Waals surface area contributed by atoms with Crippen LogP contribution in [0, 0.1) is 5.92 Å². The first kappa shape index (κ1) is 18.8. The summed E-state index contributed by atoms with van der Waals surface area (Å²) in [7, 11) is 1.56. The van der Waals surface area contributed by atoms with Crippen molar-refractivity contribution in [1.82, 2.24) is 5.32 Å². The van der Waals surface area contributed by atoms with Crippen LogP contribution in [0.2, 0.25) is 0 Å². The molecule has 0 heterocycles. The highest BCUT2D eigenvalue weighted by atomic mass is 16.5. The summed E-state index contributed by atoms with van der Waals surface area (Å²) in [4.78, 5) is 16.8. The third kappa shape index (κ3) is 4.53. The zero-order valence-corrected chi connectivity index (χ0v) is 15.3. The van der Waals surface area contributed by atoms with E-state index in [1.165, 1.54) is 19.3 Å². The molecule has 1 aliphatic rings. The Morgan fingerprint density at radius 2 is 2.12 bits per heavy atom. The van der Waals surface area contributed by atoms with Crippen molar-refractivity contribution in [3.05, 3.63) is 36.0 Å². The summed E-state index contributed by atoms with van der Waals surface area (Å²) < 4.78 is 5.84. The van der Waals surface area contributed by atoms with E-state index in [0.29, 0.717) is 35.2 Å². The first-order valence-electron chi connectivity index (χ1n) is 8.51. The van der Waals surface area contributed by atoms with Crippen LogP contribution in [-0.2, 0) is 4.79 Å². The summed E-state index contributed by atoms with van der Waals surface area (Å²) in [5.74, 6) is 0.953. The first-order valence-corrected chi connectivity index (χ1v) is 8.51. The lowest BCUT2D eigenvalue weighted by Gasteiger charge is -2.27. The van der Waals surface area contributed by atoms with Gasteiger partial charge in [0.05, 0.1) is 12.1 Å². The van der Waals surface area contributed by atoms with Gasteiger partial charge in [0.1, 0.15) is 11.5 Å². The highest BCUT2D eigenvalue weighted by Crippen LogP contribution is 2.28. The number of ether oxygens (including phenoxy) is 1.